The molecule has 1 heterocycles. The van der Waals surface area contributed by atoms with Crippen LogP contribution in [0.25, 0.3) is 0 Å². The van der Waals surface area contributed by atoms with E-state index in [1.165, 1.54) is 0 Å². The van der Waals surface area contributed by atoms with Crippen LogP contribution in [0.3, 0.4) is 0 Å². The van der Waals surface area contributed by atoms with Gasteiger partial charge in [0.25, 0.3) is 0 Å². The van der Waals surface area contributed by atoms with Crippen LogP contribution in [-0.4, -0.2) is 12.5 Å². The third-order valence-electron chi connectivity index (χ3n) is 2.92. The fourth-order valence-corrected chi connectivity index (χ4v) is 2.06. The molecule has 0 atom stereocenters. The van der Waals surface area contributed by atoms with Gasteiger partial charge in [0.15, 0.2) is 0 Å². The standard InChI is InChI=1S/C14H13N3/c15-14-12-8-4-5-9-13(12)17(10-16-14)11-6-2-1-3-7-11/h1-9H,10H2,(H2,15,16). The Kier molecular flexibility index (Phi) is 2.29. The molecular formula is C14H13N3. The molecule has 3 nitrogen and oxygen atoms in total. The van der Waals surface area contributed by atoms with Crippen LogP contribution in [0.15, 0.2) is 59.6 Å². The maximum absolute atomic E-state index is 5.91. The monoisotopic (exact) mass is 223 g/mol. The Morgan fingerprint density at radius 2 is 1.65 bits per heavy atom. The second kappa shape index (κ2) is 3.94. The van der Waals surface area contributed by atoms with Crippen molar-refractivity contribution in [1.82, 2.24) is 0 Å². The third-order valence-corrected chi connectivity index (χ3v) is 2.92. The topological polar surface area (TPSA) is 41.6 Å². The first-order valence-electron chi connectivity index (χ1n) is 5.58. The summed E-state index contributed by atoms with van der Waals surface area (Å²) in [6.45, 7) is 0.576. The average molecular weight is 223 g/mol. The molecule has 2 aromatic carbocycles. The summed E-state index contributed by atoms with van der Waals surface area (Å²) in [5.41, 5.74) is 9.16. The zero-order valence-electron chi connectivity index (χ0n) is 9.38. The molecule has 0 saturated carbocycles. The quantitative estimate of drug-likeness (QED) is 0.807. The lowest BCUT2D eigenvalue weighted by molar-refractivity contribution is 0.959. The largest absolute Gasteiger partial charge is 0.383 e. The molecule has 17 heavy (non-hydrogen) atoms. The molecule has 1 aliphatic rings. The summed E-state index contributed by atoms with van der Waals surface area (Å²) in [5.74, 6) is 0.618. The molecule has 0 aliphatic carbocycles. The molecule has 0 radical (unpaired) electrons. The minimum atomic E-state index is 0.576. The van der Waals surface area contributed by atoms with Crippen LogP contribution in [0.1, 0.15) is 5.56 Å². The first kappa shape index (κ1) is 9.90. The Morgan fingerprint density at radius 1 is 0.941 bits per heavy atom. The van der Waals surface area contributed by atoms with Crippen molar-refractivity contribution in [2.24, 2.45) is 10.7 Å². The number of hydrogen-bond donors (Lipinski definition) is 1. The van der Waals surface area contributed by atoms with Crippen LogP contribution in [0, 0.1) is 0 Å². The number of anilines is 2. The van der Waals surface area contributed by atoms with E-state index in [-0.39, 0.29) is 0 Å². The van der Waals surface area contributed by atoms with Crippen molar-refractivity contribution in [2.45, 2.75) is 0 Å². The van der Waals surface area contributed by atoms with Crippen molar-refractivity contribution < 1.29 is 0 Å². The van der Waals surface area contributed by atoms with Gasteiger partial charge in [-0.05, 0) is 24.3 Å². The number of amidine groups is 1. The van der Waals surface area contributed by atoms with Crippen molar-refractivity contribution in [3.63, 3.8) is 0 Å². The highest BCUT2D eigenvalue weighted by molar-refractivity contribution is 6.04. The number of aliphatic imine (C=N–C) groups is 1. The average Bonchev–Trinajstić information content (AvgIpc) is 2.41. The van der Waals surface area contributed by atoms with Gasteiger partial charge in [-0.3, -0.25) is 0 Å². The Bertz CT molecular complexity index is 561. The highest BCUT2D eigenvalue weighted by Crippen LogP contribution is 2.30. The molecule has 0 aromatic heterocycles. The van der Waals surface area contributed by atoms with Crippen molar-refractivity contribution in [2.75, 3.05) is 11.6 Å². The van der Waals surface area contributed by atoms with Crippen molar-refractivity contribution >= 4 is 17.2 Å². The van der Waals surface area contributed by atoms with E-state index in [1.54, 1.807) is 0 Å². The molecule has 0 amide bonds. The van der Waals surface area contributed by atoms with Crippen LogP contribution in [0.4, 0.5) is 11.4 Å². The highest BCUT2D eigenvalue weighted by atomic mass is 15.2. The Morgan fingerprint density at radius 3 is 2.47 bits per heavy atom. The molecule has 3 rings (SSSR count). The molecule has 2 N–H and O–H groups in total. The summed E-state index contributed by atoms with van der Waals surface area (Å²) >= 11 is 0. The van der Waals surface area contributed by atoms with Gasteiger partial charge in [0.2, 0.25) is 0 Å². The van der Waals surface area contributed by atoms with E-state index >= 15 is 0 Å². The van der Waals surface area contributed by atoms with Crippen molar-refractivity contribution in [3.05, 3.63) is 60.2 Å². The zero-order valence-corrected chi connectivity index (χ0v) is 9.38. The van der Waals surface area contributed by atoms with Crippen LogP contribution in [0.5, 0.6) is 0 Å². The lowest BCUT2D eigenvalue weighted by atomic mass is 10.1. The smallest absolute Gasteiger partial charge is 0.129 e. The molecule has 0 spiro atoms. The van der Waals surface area contributed by atoms with E-state index in [9.17, 15) is 0 Å². The van der Waals surface area contributed by atoms with Gasteiger partial charge in [0.05, 0.1) is 5.69 Å². The lowest BCUT2D eigenvalue weighted by Crippen LogP contribution is -2.29. The summed E-state index contributed by atoms with van der Waals surface area (Å²) in [4.78, 5) is 6.51. The summed E-state index contributed by atoms with van der Waals surface area (Å²) in [5, 5.41) is 0. The van der Waals surface area contributed by atoms with Crippen LogP contribution in [-0.2, 0) is 0 Å². The van der Waals surface area contributed by atoms with Crippen LogP contribution < -0.4 is 10.6 Å². The number of nitrogens with zero attached hydrogens (tertiary/aromatic N) is 2. The first-order valence-corrected chi connectivity index (χ1v) is 5.58. The van der Waals surface area contributed by atoms with E-state index < -0.39 is 0 Å². The van der Waals surface area contributed by atoms with Gasteiger partial charge < -0.3 is 10.6 Å². The zero-order chi connectivity index (χ0) is 11.7. The summed E-state index contributed by atoms with van der Waals surface area (Å²) < 4.78 is 0. The highest BCUT2D eigenvalue weighted by Gasteiger charge is 2.18. The molecule has 3 heteroatoms. The van der Waals surface area contributed by atoms with Crippen LogP contribution in [0.2, 0.25) is 0 Å². The number of benzene rings is 2. The minimum Gasteiger partial charge on any atom is -0.383 e. The Labute approximate surface area is 100 Å². The summed E-state index contributed by atoms with van der Waals surface area (Å²) in [6.07, 6.45) is 0. The van der Waals surface area contributed by atoms with Gasteiger partial charge >= 0.3 is 0 Å². The van der Waals surface area contributed by atoms with Gasteiger partial charge in [0.1, 0.15) is 12.5 Å². The minimum absolute atomic E-state index is 0.576. The first-order chi connectivity index (χ1) is 8.36. The number of nitrogens with two attached hydrogens (primary N) is 1. The molecule has 0 saturated heterocycles. The number of para-hydroxylation sites is 2. The molecule has 1 aliphatic heterocycles. The predicted octanol–water partition coefficient (Wildman–Crippen LogP) is 2.50. The number of hydrogen-bond acceptors (Lipinski definition) is 3. The summed E-state index contributed by atoms with van der Waals surface area (Å²) in [7, 11) is 0. The van der Waals surface area contributed by atoms with Crippen molar-refractivity contribution in [1.29, 1.82) is 0 Å². The maximum atomic E-state index is 5.91. The fraction of sp³-hybridized carbons (Fsp3) is 0.0714. The fourth-order valence-electron chi connectivity index (χ4n) is 2.06. The van der Waals surface area contributed by atoms with Crippen molar-refractivity contribution in [3.8, 4) is 0 Å². The Balaban J connectivity index is 2.11. The van der Waals surface area contributed by atoms with E-state index in [4.69, 9.17) is 5.73 Å². The van der Waals surface area contributed by atoms with E-state index in [1.807, 2.05) is 36.4 Å². The van der Waals surface area contributed by atoms with Gasteiger partial charge in [-0.2, -0.15) is 0 Å². The maximum Gasteiger partial charge on any atom is 0.129 e. The van der Waals surface area contributed by atoms with Gasteiger partial charge in [-0.15, -0.1) is 0 Å². The van der Waals surface area contributed by atoms with Gasteiger partial charge in [-0.1, -0.05) is 30.3 Å². The molecular weight excluding hydrogens is 210 g/mol. The predicted molar refractivity (Wildman–Crippen MR) is 70.6 cm³/mol. The van der Waals surface area contributed by atoms with E-state index in [0.717, 1.165) is 16.9 Å². The summed E-state index contributed by atoms with van der Waals surface area (Å²) in [6, 6.07) is 18.3. The van der Waals surface area contributed by atoms with Crippen LogP contribution >= 0.6 is 0 Å². The molecule has 2 aromatic rings. The molecule has 0 bridgehead atoms. The molecule has 0 fully saturated rings. The second-order valence-electron chi connectivity index (χ2n) is 3.97. The number of rotatable bonds is 1. The lowest BCUT2D eigenvalue weighted by Gasteiger charge is -2.28. The third kappa shape index (κ3) is 1.65. The molecule has 84 valence electrons. The Hall–Kier alpha value is -2.29. The molecule has 0 unspecified atom stereocenters. The van der Waals surface area contributed by atoms with E-state index in [0.29, 0.717) is 12.5 Å². The second-order valence-corrected chi connectivity index (χ2v) is 3.97. The van der Waals surface area contributed by atoms with E-state index in [2.05, 4.69) is 28.1 Å². The number of fused-ring (bicyclic) bond motifs is 1. The SMILES string of the molecule is NC1=NCN(c2ccccc2)c2ccccc21. The van der Waals surface area contributed by atoms with Gasteiger partial charge in [-0.25, -0.2) is 4.99 Å². The van der Waals surface area contributed by atoms with Gasteiger partial charge in [0, 0.05) is 11.3 Å². The normalized spacial score (nSPS) is 14.1.